The van der Waals surface area contributed by atoms with E-state index in [2.05, 4.69) is 5.32 Å². The highest BCUT2D eigenvalue weighted by Crippen LogP contribution is 2.25. The van der Waals surface area contributed by atoms with E-state index in [4.69, 9.17) is 0 Å². The summed E-state index contributed by atoms with van der Waals surface area (Å²) in [6, 6.07) is 20.3. The Morgan fingerprint density at radius 1 is 0.862 bits per heavy atom. The number of aromatic hydroxyl groups is 1. The van der Waals surface area contributed by atoms with E-state index in [1.165, 1.54) is 35.2 Å². The van der Waals surface area contributed by atoms with Crippen LogP contribution in [-0.2, 0) is 6.42 Å². The van der Waals surface area contributed by atoms with Crippen molar-refractivity contribution in [3.8, 4) is 5.75 Å². The fourth-order valence-electron chi connectivity index (χ4n) is 3.31. The predicted octanol–water partition coefficient (Wildman–Crippen LogP) is 3.48. The molecule has 0 atom stereocenters. The maximum Gasteiger partial charge on any atom is 0.261 e. The predicted molar refractivity (Wildman–Crippen MR) is 108 cm³/mol. The molecule has 0 fully saturated rings. The average molecular weight is 386 g/mol. The van der Waals surface area contributed by atoms with Crippen molar-refractivity contribution in [2.24, 2.45) is 0 Å². The van der Waals surface area contributed by atoms with Crippen LogP contribution in [0.2, 0.25) is 0 Å². The molecule has 144 valence electrons. The molecule has 0 radical (unpaired) electrons. The Balaban J connectivity index is 1.51. The molecule has 3 amide bonds. The first-order valence-electron chi connectivity index (χ1n) is 9.17. The summed E-state index contributed by atoms with van der Waals surface area (Å²) in [5.41, 5.74) is 2.26. The van der Waals surface area contributed by atoms with E-state index >= 15 is 0 Å². The smallest absolute Gasteiger partial charge is 0.261 e. The molecule has 1 heterocycles. The van der Waals surface area contributed by atoms with E-state index in [0.29, 0.717) is 17.7 Å². The summed E-state index contributed by atoms with van der Waals surface area (Å²) < 4.78 is 0. The summed E-state index contributed by atoms with van der Waals surface area (Å²) in [4.78, 5) is 39.1. The number of phenolic OH excluding ortho intramolecular Hbond substituents is 1. The number of carbonyl (C=O) groups excluding carboxylic acids is 3. The lowest BCUT2D eigenvalue weighted by Crippen LogP contribution is -2.31. The van der Waals surface area contributed by atoms with Gasteiger partial charge in [-0.2, -0.15) is 0 Å². The average Bonchev–Trinajstić information content (AvgIpc) is 2.97. The number of carbonyl (C=O) groups is 3. The van der Waals surface area contributed by atoms with Crippen LogP contribution in [0.4, 0.5) is 5.69 Å². The Labute approximate surface area is 167 Å². The number of anilines is 1. The summed E-state index contributed by atoms with van der Waals surface area (Å²) in [7, 11) is 0. The van der Waals surface area contributed by atoms with E-state index in [1.54, 1.807) is 12.1 Å². The number of imide groups is 1. The van der Waals surface area contributed by atoms with Gasteiger partial charge in [0.15, 0.2) is 0 Å². The molecule has 0 unspecified atom stereocenters. The highest BCUT2D eigenvalue weighted by molar-refractivity contribution is 6.22. The number of amides is 3. The summed E-state index contributed by atoms with van der Waals surface area (Å²) in [5, 5.41) is 12.2. The van der Waals surface area contributed by atoms with Gasteiger partial charge in [-0.25, -0.2) is 0 Å². The van der Waals surface area contributed by atoms with Crippen LogP contribution in [0.3, 0.4) is 0 Å². The topological polar surface area (TPSA) is 86.7 Å². The van der Waals surface area contributed by atoms with Gasteiger partial charge in [0.2, 0.25) is 0 Å². The SMILES string of the molecule is O=C(Nc1cccc(O)c1)c1ccc2c(c1)C(=O)N(CCc1ccccc1)C2=O. The Morgan fingerprint density at radius 2 is 1.62 bits per heavy atom. The summed E-state index contributed by atoms with van der Waals surface area (Å²) >= 11 is 0. The molecule has 29 heavy (non-hydrogen) atoms. The molecule has 0 saturated heterocycles. The van der Waals surface area contributed by atoms with Gasteiger partial charge in [0.1, 0.15) is 5.75 Å². The highest BCUT2D eigenvalue weighted by Gasteiger charge is 2.35. The number of hydrogen-bond donors (Lipinski definition) is 2. The second kappa shape index (κ2) is 7.59. The molecular formula is C23H18N2O4. The van der Waals surface area contributed by atoms with Crippen molar-refractivity contribution in [3.05, 3.63) is 95.1 Å². The minimum atomic E-state index is -0.429. The molecule has 1 aliphatic rings. The van der Waals surface area contributed by atoms with Crippen LogP contribution >= 0.6 is 0 Å². The van der Waals surface area contributed by atoms with Gasteiger partial charge < -0.3 is 10.4 Å². The first-order valence-corrected chi connectivity index (χ1v) is 9.17. The van der Waals surface area contributed by atoms with Crippen LogP contribution in [0, 0.1) is 0 Å². The molecule has 0 aromatic heterocycles. The zero-order chi connectivity index (χ0) is 20.4. The maximum atomic E-state index is 12.7. The van der Waals surface area contributed by atoms with Gasteiger partial charge >= 0.3 is 0 Å². The molecule has 6 nitrogen and oxygen atoms in total. The fraction of sp³-hybridized carbons (Fsp3) is 0.0870. The summed E-state index contributed by atoms with van der Waals surface area (Å²) in [6.45, 7) is 0.279. The van der Waals surface area contributed by atoms with Gasteiger partial charge in [-0.05, 0) is 42.3 Å². The van der Waals surface area contributed by atoms with E-state index in [-0.39, 0.29) is 29.3 Å². The standard InChI is InChI=1S/C23H18N2O4/c26-18-8-4-7-17(14-18)24-21(27)16-9-10-19-20(13-16)23(29)25(22(19)28)12-11-15-5-2-1-3-6-15/h1-10,13-14,26H,11-12H2,(H,24,27). The van der Waals surface area contributed by atoms with Gasteiger partial charge in [0, 0.05) is 23.9 Å². The first-order chi connectivity index (χ1) is 14.0. The van der Waals surface area contributed by atoms with Crippen molar-refractivity contribution < 1.29 is 19.5 Å². The molecule has 3 aromatic carbocycles. The first kappa shape index (κ1) is 18.4. The lowest BCUT2D eigenvalue weighted by atomic mass is 10.1. The zero-order valence-corrected chi connectivity index (χ0v) is 15.5. The van der Waals surface area contributed by atoms with Crippen LogP contribution in [0.1, 0.15) is 36.6 Å². The van der Waals surface area contributed by atoms with Crippen LogP contribution in [0.25, 0.3) is 0 Å². The highest BCUT2D eigenvalue weighted by atomic mass is 16.3. The van der Waals surface area contributed by atoms with Gasteiger partial charge in [-0.15, -0.1) is 0 Å². The van der Waals surface area contributed by atoms with Crippen molar-refractivity contribution in [2.45, 2.75) is 6.42 Å². The number of rotatable bonds is 5. The Morgan fingerprint density at radius 3 is 2.38 bits per heavy atom. The summed E-state index contributed by atoms with van der Waals surface area (Å²) in [5.74, 6) is -1.14. The minimum absolute atomic E-state index is 0.0339. The lowest BCUT2D eigenvalue weighted by Gasteiger charge is -2.13. The molecule has 0 saturated carbocycles. The number of nitrogens with zero attached hydrogens (tertiary/aromatic N) is 1. The maximum absolute atomic E-state index is 12.7. The minimum Gasteiger partial charge on any atom is -0.508 e. The number of hydrogen-bond acceptors (Lipinski definition) is 4. The largest absolute Gasteiger partial charge is 0.508 e. The number of benzene rings is 3. The van der Waals surface area contributed by atoms with Crippen LogP contribution in [0.5, 0.6) is 5.75 Å². The van der Waals surface area contributed by atoms with Gasteiger partial charge in [0.25, 0.3) is 17.7 Å². The monoisotopic (exact) mass is 386 g/mol. The third-order valence-electron chi connectivity index (χ3n) is 4.80. The van der Waals surface area contributed by atoms with Gasteiger partial charge in [-0.1, -0.05) is 36.4 Å². The van der Waals surface area contributed by atoms with E-state index < -0.39 is 11.8 Å². The Hall–Kier alpha value is -3.93. The normalized spacial score (nSPS) is 12.8. The quantitative estimate of drug-likeness (QED) is 0.657. The molecule has 2 N–H and O–H groups in total. The molecule has 3 aromatic rings. The van der Waals surface area contributed by atoms with E-state index in [1.807, 2.05) is 30.3 Å². The number of fused-ring (bicyclic) bond motifs is 1. The van der Waals surface area contributed by atoms with Crippen molar-refractivity contribution >= 4 is 23.4 Å². The molecule has 1 aliphatic heterocycles. The molecule has 4 rings (SSSR count). The van der Waals surface area contributed by atoms with Gasteiger partial charge in [0.05, 0.1) is 11.1 Å². The molecule has 0 aliphatic carbocycles. The second-order valence-electron chi connectivity index (χ2n) is 6.76. The third kappa shape index (κ3) is 3.73. The molecule has 6 heteroatoms. The zero-order valence-electron chi connectivity index (χ0n) is 15.5. The van der Waals surface area contributed by atoms with Crippen LogP contribution in [-0.4, -0.2) is 34.3 Å². The number of nitrogens with one attached hydrogen (secondary N) is 1. The molecule has 0 spiro atoms. The molecule has 0 bridgehead atoms. The van der Waals surface area contributed by atoms with Crippen molar-refractivity contribution in [2.75, 3.05) is 11.9 Å². The second-order valence-corrected chi connectivity index (χ2v) is 6.76. The van der Waals surface area contributed by atoms with Crippen LogP contribution < -0.4 is 5.32 Å². The van der Waals surface area contributed by atoms with Crippen LogP contribution in [0.15, 0.2) is 72.8 Å². The number of phenols is 1. The Bertz CT molecular complexity index is 1110. The summed E-state index contributed by atoms with van der Waals surface area (Å²) in [6.07, 6.45) is 0.567. The third-order valence-corrected chi connectivity index (χ3v) is 4.80. The van der Waals surface area contributed by atoms with Gasteiger partial charge in [-0.3, -0.25) is 19.3 Å². The van der Waals surface area contributed by atoms with Crippen molar-refractivity contribution in [1.29, 1.82) is 0 Å². The van der Waals surface area contributed by atoms with Crippen molar-refractivity contribution in [1.82, 2.24) is 4.90 Å². The van der Waals surface area contributed by atoms with E-state index in [0.717, 1.165) is 5.56 Å². The van der Waals surface area contributed by atoms with E-state index in [9.17, 15) is 19.5 Å². The molecular weight excluding hydrogens is 368 g/mol. The Kier molecular flexibility index (Phi) is 4.83. The fourth-order valence-corrected chi connectivity index (χ4v) is 3.31. The van der Waals surface area contributed by atoms with Crippen molar-refractivity contribution in [3.63, 3.8) is 0 Å². The lowest BCUT2D eigenvalue weighted by molar-refractivity contribution is 0.0656.